The van der Waals surface area contributed by atoms with Crippen LogP contribution in [0.5, 0.6) is 0 Å². The van der Waals surface area contributed by atoms with Gasteiger partial charge in [-0.25, -0.2) is 0 Å². The summed E-state index contributed by atoms with van der Waals surface area (Å²) in [5.41, 5.74) is 2.87. The molecule has 0 aliphatic carbocycles. The van der Waals surface area contributed by atoms with Crippen LogP contribution in [0, 0.1) is 0 Å². The first kappa shape index (κ1) is 32.4. The molecule has 0 aromatic heterocycles. The summed E-state index contributed by atoms with van der Waals surface area (Å²) < 4.78 is 0. The first-order chi connectivity index (χ1) is 14.3. The molecule has 2 aliphatic rings. The number of hydrogen-bond donors (Lipinski definition) is 0. The van der Waals surface area contributed by atoms with Gasteiger partial charge in [0.2, 0.25) is 0 Å². The normalized spacial score (nSPS) is 17.7. The van der Waals surface area contributed by atoms with E-state index in [1.807, 2.05) is 0 Å². The van der Waals surface area contributed by atoms with Crippen LogP contribution in [0.25, 0.3) is 0 Å². The summed E-state index contributed by atoms with van der Waals surface area (Å²) in [5.74, 6) is 0. The van der Waals surface area contributed by atoms with E-state index in [1.54, 1.807) is 0 Å². The smallest absolute Gasteiger partial charge is 0.0234 e. The molecule has 2 heterocycles. The van der Waals surface area contributed by atoms with Crippen molar-refractivity contribution >= 4 is 49.6 Å². The first-order valence-corrected chi connectivity index (χ1v) is 11.3. The molecule has 0 bridgehead atoms. The van der Waals surface area contributed by atoms with E-state index in [2.05, 4.69) is 80.3 Å². The Balaban J connectivity index is 0.00000256. The van der Waals surface area contributed by atoms with Gasteiger partial charge in [-0.2, -0.15) is 0 Å². The van der Waals surface area contributed by atoms with Gasteiger partial charge in [-0.05, 0) is 30.6 Å². The van der Waals surface area contributed by atoms with E-state index in [-0.39, 0.29) is 49.6 Å². The number of nitrogens with zero attached hydrogens (tertiary/aromatic N) is 4. The summed E-state index contributed by atoms with van der Waals surface area (Å²) in [7, 11) is 0. The summed E-state index contributed by atoms with van der Waals surface area (Å²) in [6.07, 6.45) is 1.30. The molecule has 188 valence electrons. The van der Waals surface area contributed by atoms with Gasteiger partial charge < -0.3 is 9.80 Å². The van der Waals surface area contributed by atoms with Crippen molar-refractivity contribution < 1.29 is 0 Å². The summed E-state index contributed by atoms with van der Waals surface area (Å²) >= 11 is 0. The SMILES string of the molecule is Cl.Cl.Cl.Cl.c1ccc(CN2CCN(CCCN3CCN(Cc4ccccc4)CC3)CC2)cc1. The highest BCUT2D eigenvalue weighted by atomic mass is 35.5. The predicted molar refractivity (Wildman–Crippen MR) is 150 cm³/mol. The van der Waals surface area contributed by atoms with E-state index < -0.39 is 0 Å². The number of halogens is 4. The van der Waals surface area contributed by atoms with Crippen molar-refractivity contribution in [3.8, 4) is 0 Å². The van der Waals surface area contributed by atoms with E-state index in [0.717, 1.165) is 13.1 Å². The Bertz CT molecular complexity index is 645. The molecule has 0 atom stereocenters. The second-order valence-electron chi connectivity index (χ2n) is 8.56. The molecular formula is C25H40Cl4N4. The number of rotatable bonds is 8. The van der Waals surface area contributed by atoms with Crippen molar-refractivity contribution in [2.45, 2.75) is 19.5 Å². The Kier molecular flexibility index (Phi) is 17.5. The lowest BCUT2D eigenvalue weighted by molar-refractivity contribution is 0.106. The highest BCUT2D eigenvalue weighted by Crippen LogP contribution is 2.11. The lowest BCUT2D eigenvalue weighted by Gasteiger charge is -2.36. The third-order valence-electron chi connectivity index (χ3n) is 6.38. The summed E-state index contributed by atoms with van der Waals surface area (Å²) in [4.78, 5) is 10.5. The van der Waals surface area contributed by atoms with Crippen LogP contribution < -0.4 is 0 Å². The molecule has 0 N–H and O–H groups in total. The van der Waals surface area contributed by atoms with Gasteiger partial charge in [-0.15, -0.1) is 49.6 Å². The van der Waals surface area contributed by atoms with Crippen LogP contribution in [0.3, 0.4) is 0 Å². The van der Waals surface area contributed by atoms with Crippen LogP contribution in [0.2, 0.25) is 0 Å². The van der Waals surface area contributed by atoms with Crippen LogP contribution in [0.4, 0.5) is 0 Å². The van der Waals surface area contributed by atoms with Crippen LogP contribution in [-0.2, 0) is 13.1 Å². The minimum absolute atomic E-state index is 0. The quantitative estimate of drug-likeness (QED) is 0.483. The van der Waals surface area contributed by atoms with Gasteiger partial charge in [0.05, 0.1) is 0 Å². The third-order valence-corrected chi connectivity index (χ3v) is 6.38. The standard InChI is InChI=1S/C25H36N4.4ClH/c1-3-8-24(9-4-1)22-28-18-14-26(15-19-28)12-7-13-27-16-20-29(21-17-27)23-25-10-5-2-6-11-25;;;;/h1-6,8-11H,7,12-23H2;4*1H. The maximum atomic E-state index is 2.66. The molecule has 0 amide bonds. The zero-order valence-electron chi connectivity index (χ0n) is 19.4. The van der Waals surface area contributed by atoms with Crippen molar-refractivity contribution in [1.82, 2.24) is 19.6 Å². The second kappa shape index (κ2) is 17.8. The maximum Gasteiger partial charge on any atom is 0.0234 e. The minimum Gasteiger partial charge on any atom is -0.301 e. The molecule has 2 aliphatic heterocycles. The maximum absolute atomic E-state index is 2.66. The molecule has 2 saturated heterocycles. The van der Waals surface area contributed by atoms with Crippen molar-refractivity contribution in [2.75, 3.05) is 65.4 Å². The van der Waals surface area contributed by atoms with E-state index in [1.165, 1.54) is 83.0 Å². The van der Waals surface area contributed by atoms with Crippen LogP contribution >= 0.6 is 49.6 Å². The Morgan fingerprint density at radius 3 is 1.06 bits per heavy atom. The Labute approximate surface area is 225 Å². The highest BCUT2D eigenvalue weighted by Gasteiger charge is 2.19. The molecule has 0 radical (unpaired) electrons. The topological polar surface area (TPSA) is 13.0 Å². The summed E-state index contributed by atoms with van der Waals surface area (Å²) in [5, 5.41) is 0. The van der Waals surface area contributed by atoms with Crippen LogP contribution in [-0.4, -0.2) is 85.0 Å². The molecule has 0 spiro atoms. The fourth-order valence-electron chi connectivity index (χ4n) is 4.54. The Hall–Kier alpha value is -0.560. The van der Waals surface area contributed by atoms with E-state index in [9.17, 15) is 0 Å². The van der Waals surface area contributed by atoms with Crippen LogP contribution in [0.15, 0.2) is 60.7 Å². The molecule has 2 fully saturated rings. The van der Waals surface area contributed by atoms with Crippen LogP contribution in [0.1, 0.15) is 17.5 Å². The van der Waals surface area contributed by atoms with Gasteiger partial charge in [0.1, 0.15) is 0 Å². The fourth-order valence-corrected chi connectivity index (χ4v) is 4.54. The molecule has 8 heteroatoms. The summed E-state index contributed by atoms with van der Waals surface area (Å²) in [6, 6.07) is 21.8. The van der Waals surface area contributed by atoms with E-state index in [0.29, 0.717) is 0 Å². The Morgan fingerprint density at radius 2 is 0.727 bits per heavy atom. The van der Waals surface area contributed by atoms with Crippen molar-refractivity contribution in [3.63, 3.8) is 0 Å². The van der Waals surface area contributed by atoms with Gasteiger partial charge >= 0.3 is 0 Å². The number of benzene rings is 2. The van der Waals surface area contributed by atoms with Crippen molar-refractivity contribution in [3.05, 3.63) is 71.8 Å². The first-order valence-electron chi connectivity index (χ1n) is 11.3. The Morgan fingerprint density at radius 1 is 0.424 bits per heavy atom. The molecule has 4 nitrogen and oxygen atoms in total. The molecule has 2 aromatic carbocycles. The average molecular weight is 538 g/mol. The predicted octanol–water partition coefficient (Wildman–Crippen LogP) is 4.70. The third kappa shape index (κ3) is 11.1. The lowest BCUT2D eigenvalue weighted by Crippen LogP contribution is -2.48. The molecule has 4 rings (SSSR count). The highest BCUT2D eigenvalue weighted by molar-refractivity contribution is 5.86. The average Bonchev–Trinajstić information content (AvgIpc) is 2.78. The van der Waals surface area contributed by atoms with Gasteiger partial charge in [-0.1, -0.05) is 60.7 Å². The van der Waals surface area contributed by atoms with E-state index in [4.69, 9.17) is 0 Å². The van der Waals surface area contributed by atoms with Crippen molar-refractivity contribution in [2.24, 2.45) is 0 Å². The largest absolute Gasteiger partial charge is 0.301 e. The van der Waals surface area contributed by atoms with Gasteiger partial charge in [0, 0.05) is 65.4 Å². The second-order valence-corrected chi connectivity index (χ2v) is 8.56. The zero-order valence-corrected chi connectivity index (χ0v) is 22.7. The number of piperazine rings is 2. The lowest BCUT2D eigenvalue weighted by atomic mass is 10.2. The fraction of sp³-hybridized carbons (Fsp3) is 0.520. The number of hydrogen-bond acceptors (Lipinski definition) is 4. The monoisotopic (exact) mass is 536 g/mol. The molecule has 33 heavy (non-hydrogen) atoms. The van der Waals surface area contributed by atoms with Gasteiger partial charge in [0.15, 0.2) is 0 Å². The zero-order chi connectivity index (χ0) is 19.7. The van der Waals surface area contributed by atoms with E-state index >= 15 is 0 Å². The molecule has 0 unspecified atom stereocenters. The van der Waals surface area contributed by atoms with Crippen molar-refractivity contribution in [1.29, 1.82) is 0 Å². The summed E-state index contributed by atoms with van der Waals surface area (Å²) in [6.45, 7) is 14.4. The minimum atomic E-state index is 0. The van der Waals surface area contributed by atoms with Gasteiger partial charge in [-0.3, -0.25) is 9.80 Å². The molecule has 2 aromatic rings. The van der Waals surface area contributed by atoms with Gasteiger partial charge in [0.25, 0.3) is 0 Å². The molecule has 0 saturated carbocycles. The molecular weight excluding hydrogens is 498 g/mol.